The number of ether oxygens (including phenoxy) is 3. The van der Waals surface area contributed by atoms with Crippen LogP contribution in [0.3, 0.4) is 0 Å². The predicted octanol–water partition coefficient (Wildman–Crippen LogP) is 0.664. The predicted molar refractivity (Wildman–Crippen MR) is 59.1 cm³/mol. The summed E-state index contributed by atoms with van der Waals surface area (Å²) in [4.78, 5) is 0. The highest BCUT2D eigenvalue weighted by Crippen LogP contribution is 2.15. The normalized spacial score (nSPS) is 23.2. The van der Waals surface area contributed by atoms with Crippen LogP contribution >= 0.6 is 0 Å². The van der Waals surface area contributed by atoms with Crippen molar-refractivity contribution in [2.45, 2.75) is 19.4 Å². The van der Waals surface area contributed by atoms with Crippen molar-refractivity contribution in [1.82, 2.24) is 5.32 Å². The molecule has 0 aromatic rings. The Labute approximate surface area is 92.3 Å². The third kappa shape index (κ3) is 5.47. The summed E-state index contributed by atoms with van der Waals surface area (Å²) in [5.74, 6) is 0.670. The van der Waals surface area contributed by atoms with Gasteiger partial charge in [-0.05, 0) is 19.3 Å². The molecule has 0 amide bonds. The molecule has 0 radical (unpaired) electrons. The third-order valence-corrected chi connectivity index (χ3v) is 2.82. The average molecular weight is 217 g/mol. The van der Waals surface area contributed by atoms with Crippen molar-refractivity contribution in [2.24, 2.45) is 5.92 Å². The van der Waals surface area contributed by atoms with Gasteiger partial charge < -0.3 is 19.5 Å². The molecule has 1 saturated heterocycles. The maximum atomic E-state index is 5.37. The summed E-state index contributed by atoms with van der Waals surface area (Å²) >= 11 is 0. The first kappa shape index (κ1) is 12.9. The molecule has 1 aliphatic heterocycles. The fraction of sp³-hybridized carbons (Fsp3) is 1.00. The average Bonchev–Trinajstić information content (AvgIpc) is 2.76. The van der Waals surface area contributed by atoms with Crippen molar-refractivity contribution in [2.75, 3.05) is 46.7 Å². The van der Waals surface area contributed by atoms with Crippen LogP contribution in [0.5, 0.6) is 0 Å². The Hall–Kier alpha value is -0.160. The first-order chi connectivity index (χ1) is 7.34. The van der Waals surface area contributed by atoms with E-state index < -0.39 is 0 Å². The Morgan fingerprint density at radius 3 is 2.93 bits per heavy atom. The van der Waals surface area contributed by atoms with E-state index in [1.807, 2.05) is 0 Å². The molecule has 1 fully saturated rings. The van der Waals surface area contributed by atoms with E-state index in [-0.39, 0.29) is 0 Å². The van der Waals surface area contributed by atoms with Gasteiger partial charge in [0.25, 0.3) is 0 Å². The second kappa shape index (κ2) is 8.05. The molecule has 0 saturated carbocycles. The molecule has 1 heterocycles. The van der Waals surface area contributed by atoms with E-state index in [1.54, 1.807) is 7.11 Å². The van der Waals surface area contributed by atoms with Crippen LogP contribution < -0.4 is 5.32 Å². The van der Waals surface area contributed by atoms with E-state index in [4.69, 9.17) is 14.2 Å². The highest BCUT2D eigenvalue weighted by Gasteiger charge is 2.21. The van der Waals surface area contributed by atoms with E-state index in [0.29, 0.717) is 25.2 Å². The molecule has 0 aromatic carbocycles. The Kier molecular flexibility index (Phi) is 6.92. The van der Waals surface area contributed by atoms with Gasteiger partial charge in [-0.3, -0.25) is 0 Å². The van der Waals surface area contributed by atoms with Crippen molar-refractivity contribution >= 4 is 0 Å². The minimum absolute atomic E-state index is 0.526. The van der Waals surface area contributed by atoms with Crippen molar-refractivity contribution in [3.63, 3.8) is 0 Å². The van der Waals surface area contributed by atoms with E-state index >= 15 is 0 Å². The van der Waals surface area contributed by atoms with Crippen molar-refractivity contribution in [3.05, 3.63) is 0 Å². The maximum Gasteiger partial charge on any atom is 0.0700 e. The molecule has 0 aromatic heterocycles. The molecule has 15 heavy (non-hydrogen) atoms. The number of nitrogens with one attached hydrogen (secondary N) is 1. The van der Waals surface area contributed by atoms with Gasteiger partial charge >= 0.3 is 0 Å². The van der Waals surface area contributed by atoms with Crippen LogP contribution in [-0.2, 0) is 14.2 Å². The van der Waals surface area contributed by atoms with Gasteiger partial charge in [-0.15, -0.1) is 0 Å². The highest BCUT2D eigenvalue weighted by atomic mass is 16.5. The van der Waals surface area contributed by atoms with Gasteiger partial charge in [-0.25, -0.2) is 0 Å². The molecule has 2 atom stereocenters. The summed E-state index contributed by atoms with van der Waals surface area (Å²) in [6.45, 7) is 7.04. The van der Waals surface area contributed by atoms with Crippen molar-refractivity contribution < 1.29 is 14.2 Å². The minimum Gasteiger partial charge on any atom is -0.382 e. The zero-order valence-corrected chi connectivity index (χ0v) is 9.83. The molecule has 90 valence electrons. The Morgan fingerprint density at radius 1 is 1.40 bits per heavy atom. The summed E-state index contributed by atoms with van der Waals surface area (Å²) in [6.07, 6.45) is 1.18. The van der Waals surface area contributed by atoms with Gasteiger partial charge in [-0.1, -0.05) is 0 Å². The van der Waals surface area contributed by atoms with Crippen molar-refractivity contribution in [1.29, 1.82) is 0 Å². The molecule has 0 aliphatic carbocycles. The second-order valence-electron chi connectivity index (χ2n) is 3.97. The summed E-state index contributed by atoms with van der Waals surface area (Å²) in [6, 6.07) is 0.526. The lowest BCUT2D eigenvalue weighted by Crippen LogP contribution is -2.36. The summed E-state index contributed by atoms with van der Waals surface area (Å²) in [7, 11) is 1.68. The highest BCUT2D eigenvalue weighted by molar-refractivity contribution is 4.75. The Bertz CT molecular complexity index is 149. The molecule has 1 rings (SSSR count). The number of hydrogen-bond donors (Lipinski definition) is 1. The Balaban J connectivity index is 1.90. The maximum absolute atomic E-state index is 5.37. The number of hydrogen-bond acceptors (Lipinski definition) is 4. The first-order valence-corrected chi connectivity index (χ1v) is 5.72. The standard InChI is InChI=1S/C11H23NO3/c1-10(11-3-5-15-9-11)12-4-6-14-8-7-13-2/h10-12H,3-9H2,1-2H3. The van der Waals surface area contributed by atoms with Crippen molar-refractivity contribution in [3.8, 4) is 0 Å². The smallest absolute Gasteiger partial charge is 0.0700 e. The minimum atomic E-state index is 0.526. The largest absolute Gasteiger partial charge is 0.382 e. The van der Waals surface area contributed by atoms with Crippen LogP contribution in [0.2, 0.25) is 0 Å². The molecule has 4 nitrogen and oxygen atoms in total. The fourth-order valence-corrected chi connectivity index (χ4v) is 1.72. The molecule has 1 aliphatic rings. The van der Waals surface area contributed by atoms with Crippen LogP contribution in [0.1, 0.15) is 13.3 Å². The molecular formula is C11H23NO3. The SMILES string of the molecule is COCCOCCNC(C)C1CCOC1. The van der Waals surface area contributed by atoms with Gasteiger partial charge in [0.05, 0.1) is 26.4 Å². The van der Waals surface area contributed by atoms with Crippen LogP contribution in [0.15, 0.2) is 0 Å². The number of rotatable bonds is 8. The van der Waals surface area contributed by atoms with E-state index in [9.17, 15) is 0 Å². The fourth-order valence-electron chi connectivity index (χ4n) is 1.72. The van der Waals surface area contributed by atoms with E-state index in [1.165, 1.54) is 6.42 Å². The summed E-state index contributed by atoms with van der Waals surface area (Å²) in [5, 5.41) is 3.46. The molecule has 4 heteroatoms. The van der Waals surface area contributed by atoms with Crippen LogP contribution in [-0.4, -0.2) is 52.7 Å². The Morgan fingerprint density at radius 2 is 2.27 bits per heavy atom. The quantitative estimate of drug-likeness (QED) is 0.606. The monoisotopic (exact) mass is 217 g/mol. The lowest BCUT2D eigenvalue weighted by Gasteiger charge is -2.19. The zero-order chi connectivity index (χ0) is 10.9. The molecule has 0 spiro atoms. The summed E-state index contributed by atoms with van der Waals surface area (Å²) in [5.41, 5.74) is 0. The van der Waals surface area contributed by atoms with Gasteiger partial charge in [0.2, 0.25) is 0 Å². The van der Waals surface area contributed by atoms with E-state index in [0.717, 1.165) is 26.4 Å². The lowest BCUT2D eigenvalue weighted by atomic mass is 10.0. The van der Waals surface area contributed by atoms with Gasteiger partial charge in [0.1, 0.15) is 0 Å². The van der Waals surface area contributed by atoms with Gasteiger partial charge in [0, 0.05) is 26.3 Å². The van der Waals surface area contributed by atoms with Gasteiger partial charge in [-0.2, -0.15) is 0 Å². The van der Waals surface area contributed by atoms with E-state index in [2.05, 4.69) is 12.2 Å². The molecular weight excluding hydrogens is 194 g/mol. The second-order valence-corrected chi connectivity index (χ2v) is 3.97. The zero-order valence-electron chi connectivity index (χ0n) is 9.83. The molecule has 1 N–H and O–H groups in total. The lowest BCUT2D eigenvalue weighted by molar-refractivity contribution is 0.0703. The molecule has 2 unspecified atom stereocenters. The first-order valence-electron chi connectivity index (χ1n) is 5.72. The number of methoxy groups -OCH3 is 1. The van der Waals surface area contributed by atoms with Crippen LogP contribution in [0, 0.1) is 5.92 Å². The van der Waals surface area contributed by atoms with Crippen LogP contribution in [0.25, 0.3) is 0 Å². The summed E-state index contributed by atoms with van der Waals surface area (Å²) < 4.78 is 15.6. The third-order valence-electron chi connectivity index (χ3n) is 2.82. The van der Waals surface area contributed by atoms with Crippen LogP contribution in [0.4, 0.5) is 0 Å². The topological polar surface area (TPSA) is 39.7 Å². The van der Waals surface area contributed by atoms with Gasteiger partial charge in [0.15, 0.2) is 0 Å². The molecule has 0 bridgehead atoms.